The van der Waals surface area contributed by atoms with E-state index in [1.807, 2.05) is 18.6 Å². The van der Waals surface area contributed by atoms with Crippen molar-refractivity contribution >= 4 is 21.5 Å². The largest absolute Gasteiger partial charge is 0.264 e. The highest BCUT2D eigenvalue weighted by atomic mass is 14.7. The quantitative estimate of drug-likeness (QED) is 0.424. The van der Waals surface area contributed by atoms with Crippen LogP contribution in [0.2, 0.25) is 0 Å². The van der Waals surface area contributed by atoms with Crippen molar-refractivity contribution in [3.8, 4) is 11.3 Å². The fourth-order valence-corrected chi connectivity index (χ4v) is 4.83. The van der Waals surface area contributed by atoms with E-state index in [4.69, 9.17) is 4.98 Å². The van der Waals surface area contributed by atoms with Crippen LogP contribution in [0.5, 0.6) is 0 Å². The Kier molecular flexibility index (Phi) is 3.42. The van der Waals surface area contributed by atoms with Gasteiger partial charge in [0.2, 0.25) is 0 Å². The third-order valence-corrected chi connectivity index (χ3v) is 5.94. The van der Waals surface area contributed by atoms with Crippen molar-refractivity contribution in [2.45, 2.75) is 39.5 Å². The highest BCUT2D eigenvalue weighted by molar-refractivity contribution is 6.05. The fourth-order valence-electron chi connectivity index (χ4n) is 4.83. The van der Waals surface area contributed by atoms with Crippen LogP contribution >= 0.6 is 0 Å². The minimum Gasteiger partial charge on any atom is -0.264 e. The SMILES string of the molecule is CC(C)Cc1cc2c3c(nccc3c1)-c1ccc3ccncc3c1C2(C)C. The maximum absolute atomic E-state index is 4.82. The molecule has 27 heavy (non-hydrogen) atoms. The van der Waals surface area contributed by atoms with E-state index in [-0.39, 0.29) is 5.41 Å². The predicted molar refractivity (Wildman–Crippen MR) is 113 cm³/mol. The van der Waals surface area contributed by atoms with Gasteiger partial charge in [-0.3, -0.25) is 9.97 Å². The Morgan fingerprint density at radius 3 is 2.59 bits per heavy atom. The van der Waals surface area contributed by atoms with E-state index in [1.165, 1.54) is 43.8 Å². The van der Waals surface area contributed by atoms with Crippen molar-refractivity contribution in [2.75, 3.05) is 0 Å². The zero-order chi connectivity index (χ0) is 18.8. The van der Waals surface area contributed by atoms with Crippen LogP contribution in [0.25, 0.3) is 32.8 Å². The molecule has 0 aliphatic heterocycles. The second-order valence-corrected chi connectivity index (χ2v) is 8.71. The Balaban J connectivity index is 1.93. The van der Waals surface area contributed by atoms with Gasteiger partial charge in [-0.25, -0.2) is 0 Å². The van der Waals surface area contributed by atoms with Crippen molar-refractivity contribution in [1.29, 1.82) is 0 Å². The molecule has 1 aliphatic rings. The molecular formula is C25H24N2. The van der Waals surface area contributed by atoms with Gasteiger partial charge in [0.15, 0.2) is 0 Å². The predicted octanol–water partition coefficient (Wildman–Crippen LogP) is 6.29. The molecule has 0 saturated heterocycles. The molecule has 2 aromatic carbocycles. The molecule has 134 valence electrons. The van der Waals surface area contributed by atoms with E-state index < -0.39 is 0 Å². The lowest BCUT2D eigenvalue weighted by Gasteiger charge is -2.36. The minimum atomic E-state index is -0.0981. The number of fused-ring (bicyclic) bond motifs is 4. The maximum atomic E-state index is 4.82. The molecule has 2 heterocycles. The molecule has 0 fully saturated rings. The van der Waals surface area contributed by atoms with E-state index in [0.29, 0.717) is 5.92 Å². The third kappa shape index (κ3) is 2.32. The Morgan fingerprint density at radius 1 is 0.963 bits per heavy atom. The van der Waals surface area contributed by atoms with Crippen LogP contribution in [0.4, 0.5) is 0 Å². The molecule has 5 rings (SSSR count). The number of hydrogen-bond donors (Lipinski definition) is 0. The molecule has 0 amide bonds. The lowest BCUT2D eigenvalue weighted by Crippen LogP contribution is -2.25. The van der Waals surface area contributed by atoms with E-state index in [9.17, 15) is 0 Å². The summed E-state index contributed by atoms with van der Waals surface area (Å²) >= 11 is 0. The van der Waals surface area contributed by atoms with Gasteiger partial charge in [-0.1, -0.05) is 52.0 Å². The summed E-state index contributed by atoms with van der Waals surface area (Å²) in [6.07, 6.45) is 6.94. The summed E-state index contributed by atoms with van der Waals surface area (Å²) in [6, 6.07) is 13.5. The maximum Gasteiger partial charge on any atom is 0.0786 e. The normalized spacial score (nSPS) is 14.7. The molecular weight excluding hydrogens is 328 g/mol. The van der Waals surface area contributed by atoms with E-state index in [2.05, 4.69) is 69.1 Å². The standard InChI is InChI=1S/C25H24N2/c1-15(2)11-16-12-18-8-10-27-24-19-6-5-17-7-9-26-14-20(17)23(19)25(3,4)21(13-16)22(18)24/h5-10,12-15H,11H2,1-4H3. The summed E-state index contributed by atoms with van der Waals surface area (Å²) in [6.45, 7) is 9.27. The topological polar surface area (TPSA) is 25.8 Å². The van der Waals surface area contributed by atoms with Crippen molar-refractivity contribution in [3.63, 3.8) is 0 Å². The molecule has 0 N–H and O–H groups in total. The van der Waals surface area contributed by atoms with Crippen molar-refractivity contribution in [3.05, 3.63) is 71.7 Å². The Hall–Kier alpha value is -2.74. The average molecular weight is 352 g/mol. The zero-order valence-electron chi connectivity index (χ0n) is 16.4. The Morgan fingerprint density at radius 2 is 1.78 bits per heavy atom. The van der Waals surface area contributed by atoms with Gasteiger partial charge in [0.1, 0.15) is 0 Å². The molecule has 4 aromatic rings. The number of hydrogen-bond acceptors (Lipinski definition) is 2. The van der Waals surface area contributed by atoms with Crippen LogP contribution in [0.3, 0.4) is 0 Å². The molecule has 2 aromatic heterocycles. The van der Waals surface area contributed by atoms with Crippen molar-refractivity contribution in [2.24, 2.45) is 5.92 Å². The summed E-state index contributed by atoms with van der Waals surface area (Å²) in [7, 11) is 0. The van der Waals surface area contributed by atoms with Crippen LogP contribution in [0, 0.1) is 5.92 Å². The van der Waals surface area contributed by atoms with Gasteiger partial charge in [-0.05, 0) is 51.9 Å². The molecule has 0 atom stereocenters. The smallest absolute Gasteiger partial charge is 0.0786 e. The molecule has 0 radical (unpaired) electrons. The van der Waals surface area contributed by atoms with E-state index >= 15 is 0 Å². The first-order valence-corrected chi connectivity index (χ1v) is 9.76. The van der Waals surface area contributed by atoms with Gasteiger partial charge >= 0.3 is 0 Å². The first-order chi connectivity index (χ1) is 13.0. The number of aromatic nitrogens is 2. The van der Waals surface area contributed by atoms with Gasteiger partial charge in [-0.15, -0.1) is 0 Å². The highest BCUT2D eigenvalue weighted by Crippen LogP contribution is 2.50. The monoisotopic (exact) mass is 352 g/mol. The molecule has 2 nitrogen and oxygen atoms in total. The summed E-state index contributed by atoms with van der Waals surface area (Å²) in [5, 5.41) is 5.09. The van der Waals surface area contributed by atoms with E-state index in [0.717, 1.165) is 12.1 Å². The molecule has 2 heteroatoms. The van der Waals surface area contributed by atoms with Crippen LogP contribution in [-0.2, 0) is 11.8 Å². The molecule has 1 aliphatic carbocycles. The number of nitrogens with zero attached hydrogens (tertiary/aromatic N) is 2. The van der Waals surface area contributed by atoms with Crippen LogP contribution in [0.15, 0.2) is 55.0 Å². The van der Waals surface area contributed by atoms with Crippen LogP contribution < -0.4 is 0 Å². The second kappa shape index (κ2) is 5.63. The summed E-state index contributed by atoms with van der Waals surface area (Å²) in [5.74, 6) is 0.639. The summed E-state index contributed by atoms with van der Waals surface area (Å²) in [4.78, 5) is 9.25. The minimum absolute atomic E-state index is 0.0981. The highest BCUT2D eigenvalue weighted by Gasteiger charge is 2.35. The first-order valence-electron chi connectivity index (χ1n) is 9.76. The second-order valence-electron chi connectivity index (χ2n) is 8.71. The Bertz CT molecular complexity index is 1200. The first kappa shape index (κ1) is 16.4. The van der Waals surface area contributed by atoms with Gasteiger partial charge in [0, 0.05) is 40.3 Å². The van der Waals surface area contributed by atoms with E-state index in [1.54, 1.807) is 0 Å². The summed E-state index contributed by atoms with van der Waals surface area (Å²) in [5.41, 5.74) is 6.41. The van der Waals surface area contributed by atoms with Crippen LogP contribution in [-0.4, -0.2) is 9.97 Å². The van der Waals surface area contributed by atoms with Gasteiger partial charge in [-0.2, -0.15) is 0 Å². The number of benzene rings is 2. The lowest BCUT2D eigenvalue weighted by molar-refractivity contribution is 0.633. The van der Waals surface area contributed by atoms with Gasteiger partial charge < -0.3 is 0 Å². The molecule has 0 saturated carbocycles. The number of pyridine rings is 2. The van der Waals surface area contributed by atoms with Crippen LogP contribution in [0.1, 0.15) is 44.4 Å². The molecule has 0 spiro atoms. The molecule has 0 bridgehead atoms. The molecule has 0 unspecified atom stereocenters. The zero-order valence-corrected chi connectivity index (χ0v) is 16.4. The average Bonchev–Trinajstić information content (AvgIpc) is 2.64. The third-order valence-electron chi connectivity index (χ3n) is 5.94. The Labute approximate surface area is 160 Å². The van der Waals surface area contributed by atoms with Crippen molar-refractivity contribution < 1.29 is 0 Å². The fraction of sp³-hybridized carbons (Fsp3) is 0.280. The lowest BCUT2D eigenvalue weighted by atomic mass is 9.68. The number of rotatable bonds is 2. The van der Waals surface area contributed by atoms with Gasteiger partial charge in [0.05, 0.1) is 5.69 Å². The summed E-state index contributed by atoms with van der Waals surface area (Å²) < 4.78 is 0. The van der Waals surface area contributed by atoms with Crippen molar-refractivity contribution in [1.82, 2.24) is 9.97 Å². The van der Waals surface area contributed by atoms with Gasteiger partial charge in [0.25, 0.3) is 0 Å².